The standard InChI is InChI=1S/C20H31N5O/c1-5-20(6-2,17-11-8-7-9-12-17)15-23-19(21-4)22-14-10-13-18-24-16(3)25-26-18/h7-9,11-12H,5-6,10,13-15H2,1-4H3,(H2,21,22,23). The highest BCUT2D eigenvalue weighted by Crippen LogP contribution is 2.30. The Hall–Kier alpha value is -2.37. The number of hydrogen-bond acceptors (Lipinski definition) is 4. The quantitative estimate of drug-likeness (QED) is 0.409. The van der Waals surface area contributed by atoms with Crippen LogP contribution in [0.25, 0.3) is 0 Å². The summed E-state index contributed by atoms with van der Waals surface area (Å²) in [6, 6.07) is 10.7. The highest BCUT2D eigenvalue weighted by Gasteiger charge is 2.28. The summed E-state index contributed by atoms with van der Waals surface area (Å²) < 4.78 is 5.13. The summed E-state index contributed by atoms with van der Waals surface area (Å²) in [6.07, 6.45) is 3.83. The first-order chi connectivity index (χ1) is 12.6. The van der Waals surface area contributed by atoms with Crippen molar-refractivity contribution in [2.24, 2.45) is 4.99 Å². The topological polar surface area (TPSA) is 75.3 Å². The number of nitrogens with one attached hydrogen (secondary N) is 2. The van der Waals surface area contributed by atoms with Crippen molar-refractivity contribution in [1.82, 2.24) is 20.8 Å². The fraction of sp³-hybridized carbons (Fsp3) is 0.550. The monoisotopic (exact) mass is 357 g/mol. The summed E-state index contributed by atoms with van der Waals surface area (Å²) >= 11 is 0. The minimum absolute atomic E-state index is 0.111. The maximum Gasteiger partial charge on any atom is 0.226 e. The smallest absolute Gasteiger partial charge is 0.226 e. The van der Waals surface area contributed by atoms with Gasteiger partial charge in [-0.25, -0.2) is 0 Å². The third-order valence-electron chi connectivity index (χ3n) is 4.99. The largest absolute Gasteiger partial charge is 0.356 e. The summed E-state index contributed by atoms with van der Waals surface area (Å²) in [5.74, 6) is 2.20. The molecule has 6 nitrogen and oxygen atoms in total. The number of aliphatic imine (C=N–C) groups is 1. The Kier molecular flexibility index (Phi) is 7.63. The predicted octanol–water partition coefficient (Wildman–Crippen LogP) is 3.23. The molecule has 0 fully saturated rings. The predicted molar refractivity (Wildman–Crippen MR) is 105 cm³/mol. The first kappa shape index (κ1) is 19.9. The molecule has 1 heterocycles. The number of benzene rings is 1. The summed E-state index contributed by atoms with van der Waals surface area (Å²) in [6.45, 7) is 7.99. The summed E-state index contributed by atoms with van der Waals surface area (Å²) in [4.78, 5) is 8.57. The second-order valence-electron chi connectivity index (χ2n) is 6.54. The molecule has 6 heteroatoms. The highest BCUT2D eigenvalue weighted by atomic mass is 16.5. The molecule has 0 aliphatic carbocycles. The van der Waals surface area contributed by atoms with E-state index >= 15 is 0 Å². The van der Waals surface area contributed by atoms with Crippen molar-refractivity contribution in [2.75, 3.05) is 20.1 Å². The lowest BCUT2D eigenvalue weighted by Crippen LogP contribution is -2.45. The summed E-state index contributed by atoms with van der Waals surface area (Å²) in [7, 11) is 1.80. The SMILES string of the molecule is CCC(CC)(CNC(=NC)NCCCc1nc(C)no1)c1ccccc1. The Morgan fingerprint density at radius 2 is 1.88 bits per heavy atom. The summed E-state index contributed by atoms with van der Waals surface area (Å²) in [5.41, 5.74) is 1.49. The fourth-order valence-electron chi connectivity index (χ4n) is 3.16. The van der Waals surface area contributed by atoms with Crippen molar-refractivity contribution < 1.29 is 4.52 Å². The number of aromatic nitrogens is 2. The Morgan fingerprint density at radius 1 is 1.15 bits per heavy atom. The van der Waals surface area contributed by atoms with Gasteiger partial charge in [-0.05, 0) is 31.7 Å². The van der Waals surface area contributed by atoms with Crippen LogP contribution in [0.15, 0.2) is 39.8 Å². The molecule has 0 unspecified atom stereocenters. The van der Waals surface area contributed by atoms with E-state index in [1.807, 2.05) is 6.92 Å². The van der Waals surface area contributed by atoms with Gasteiger partial charge in [0.15, 0.2) is 11.8 Å². The highest BCUT2D eigenvalue weighted by molar-refractivity contribution is 5.79. The number of hydrogen-bond donors (Lipinski definition) is 2. The molecular formula is C20H31N5O. The molecule has 0 saturated heterocycles. The molecule has 0 bridgehead atoms. The van der Waals surface area contributed by atoms with E-state index in [2.05, 4.69) is 69.9 Å². The van der Waals surface area contributed by atoms with E-state index in [9.17, 15) is 0 Å². The van der Waals surface area contributed by atoms with Crippen LogP contribution in [0.5, 0.6) is 0 Å². The number of nitrogens with zero attached hydrogens (tertiary/aromatic N) is 3. The lowest BCUT2D eigenvalue weighted by atomic mass is 9.76. The van der Waals surface area contributed by atoms with Crippen molar-refractivity contribution in [3.05, 3.63) is 47.6 Å². The molecule has 0 spiro atoms. The van der Waals surface area contributed by atoms with Gasteiger partial charge in [-0.1, -0.05) is 49.3 Å². The summed E-state index contributed by atoms with van der Waals surface area (Å²) in [5, 5.41) is 10.7. The van der Waals surface area contributed by atoms with Crippen LogP contribution < -0.4 is 10.6 Å². The van der Waals surface area contributed by atoms with Crippen LogP contribution in [0, 0.1) is 6.92 Å². The first-order valence-corrected chi connectivity index (χ1v) is 9.42. The molecule has 26 heavy (non-hydrogen) atoms. The van der Waals surface area contributed by atoms with Gasteiger partial charge >= 0.3 is 0 Å². The Bertz CT molecular complexity index is 677. The Balaban J connectivity index is 1.84. The normalized spacial score (nSPS) is 12.2. The lowest BCUT2D eigenvalue weighted by molar-refractivity contribution is 0.371. The maximum atomic E-state index is 5.13. The van der Waals surface area contributed by atoms with Crippen molar-refractivity contribution in [1.29, 1.82) is 0 Å². The molecule has 0 radical (unpaired) electrons. The van der Waals surface area contributed by atoms with E-state index in [0.717, 1.165) is 44.7 Å². The molecule has 2 rings (SSSR count). The lowest BCUT2D eigenvalue weighted by Gasteiger charge is -2.33. The van der Waals surface area contributed by atoms with Crippen LogP contribution >= 0.6 is 0 Å². The van der Waals surface area contributed by atoms with Crippen molar-refractivity contribution in [3.63, 3.8) is 0 Å². The zero-order chi connectivity index (χ0) is 18.8. The zero-order valence-corrected chi connectivity index (χ0v) is 16.4. The van der Waals surface area contributed by atoms with Gasteiger partial charge in [0.25, 0.3) is 0 Å². The van der Waals surface area contributed by atoms with E-state index in [0.29, 0.717) is 11.7 Å². The van der Waals surface area contributed by atoms with Gasteiger partial charge in [0, 0.05) is 32.0 Å². The molecule has 1 aromatic carbocycles. The minimum atomic E-state index is 0.111. The van der Waals surface area contributed by atoms with Crippen molar-refractivity contribution >= 4 is 5.96 Å². The number of guanidine groups is 1. The van der Waals surface area contributed by atoms with E-state index in [-0.39, 0.29) is 5.41 Å². The zero-order valence-electron chi connectivity index (χ0n) is 16.4. The minimum Gasteiger partial charge on any atom is -0.356 e. The molecule has 2 N–H and O–H groups in total. The molecule has 1 aromatic heterocycles. The van der Waals surface area contributed by atoms with Gasteiger partial charge in [0.2, 0.25) is 5.89 Å². The molecular weight excluding hydrogens is 326 g/mol. The molecule has 0 amide bonds. The average molecular weight is 358 g/mol. The first-order valence-electron chi connectivity index (χ1n) is 9.42. The van der Waals surface area contributed by atoms with Crippen LogP contribution in [0.3, 0.4) is 0 Å². The molecule has 0 atom stereocenters. The average Bonchev–Trinajstić information content (AvgIpc) is 3.10. The van der Waals surface area contributed by atoms with Crippen LogP contribution in [0.2, 0.25) is 0 Å². The molecule has 0 aliphatic heterocycles. The van der Waals surface area contributed by atoms with E-state index in [4.69, 9.17) is 4.52 Å². The van der Waals surface area contributed by atoms with E-state index in [1.54, 1.807) is 7.05 Å². The van der Waals surface area contributed by atoms with Gasteiger partial charge in [0.1, 0.15) is 0 Å². The van der Waals surface area contributed by atoms with Gasteiger partial charge in [-0.3, -0.25) is 4.99 Å². The number of rotatable bonds is 9. The third kappa shape index (κ3) is 5.31. The third-order valence-corrected chi connectivity index (χ3v) is 4.99. The molecule has 142 valence electrons. The Morgan fingerprint density at radius 3 is 2.46 bits per heavy atom. The second-order valence-corrected chi connectivity index (χ2v) is 6.54. The molecule has 0 aliphatic rings. The van der Waals surface area contributed by atoms with Crippen LogP contribution in [0.1, 0.15) is 50.4 Å². The van der Waals surface area contributed by atoms with E-state index < -0.39 is 0 Å². The molecule has 2 aromatic rings. The van der Waals surface area contributed by atoms with Crippen molar-refractivity contribution in [3.8, 4) is 0 Å². The fourth-order valence-corrected chi connectivity index (χ4v) is 3.16. The van der Waals surface area contributed by atoms with Gasteiger partial charge in [-0.2, -0.15) is 4.98 Å². The van der Waals surface area contributed by atoms with Gasteiger partial charge in [0.05, 0.1) is 0 Å². The van der Waals surface area contributed by atoms with Gasteiger partial charge in [-0.15, -0.1) is 0 Å². The number of aryl methyl sites for hydroxylation is 2. The van der Waals surface area contributed by atoms with Gasteiger partial charge < -0.3 is 15.2 Å². The molecule has 0 saturated carbocycles. The van der Waals surface area contributed by atoms with E-state index in [1.165, 1.54) is 5.56 Å². The Labute approximate surface area is 156 Å². The van der Waals surface area contributed by atoms with Crippen LogP contribution in [-0.2, 0) is 11.8 Å². The second kappa shape index (κ2) is 9.94. The van der Waals surface area contributed by atoms with Crippen LogP contribution in [-0.4, -0.2) is 36.2 Å². The van der Waals surface area contributed by atoms with Crippen LogP contribution in [0.4, 0.5) is 0 Å². The maximum absolute atomic E-state index is 5.13. The van der Waals surface area contributed by atoms with Crippen molar-refractivity contribution in [2.45, 2.75) is 51.9 Å².